The van der Waals surface area contributed by atoms with Crippen molar-refractivity contribution in [2.75, 3.05) is 13.2 Å². The molecule has 0 aliphatic heterocycles. The maximum absolute atomic E-state index is 11.1. The van der Waals surface area contributed by atoms with Crippen LogP contribution in [0.15, 0.2) is 18.2 Å². The van der Waals surface area contributed by atoms with Gasteiger partial charge in [-0.05, 0) is 31.5 Å². The van der Waals surface area contributed by atoms with E-state index in [9.17, 15) is 10.1 Å². The summed E-state index contributed by atoms with van der Waals surface area (Å²) in [7, 11) is 0. The number of nitrogens with zero attached hydrogens (tertiary/aromatic N) is 1. The lowest BCUT2D eigenvalue weighted by molar-refractivity contribution is -0.385. The van der Waals surface area contributed by atoms with E-state index in [4.69, 9.17) is 9.84 Å². The molecule has 1 aromatic carbocycles. The quantitative estimate of drug-likeness (QED) is 0.412. The Morgan fingerprint density at radius 1 is 1.50 bits per heavy atom. The van der Waals surface area contributed by atoms with E-state index in [0.29, 0.717) is 13.0 Å². The molecule has 0 aliphatic rings. The smallest absolute Gasteiger partial charge is 0.311 e. The molecular weight excluding hydrogens is 260 g/mol. The van der Waals surface area contributed by atoms with Crippen LogP contribution in [-0.4, -0.2) is 29.3 Å². The van der Waals surface area contributed by atoms with Gasteiger partial charge in [-0.25, -0.2) is 0 Å². The summed E-state index contributed by atoms with van der Waals surface area (Å²) in [5.74, 6) is 0.245. The van der Waals surface area contributed by atoms with Gasteiger partial charge in [-0.1, -0.05) is 13.0 Å². The number of nitro benzene ring substituents is 1. The Balaban J connectivity index is 2.71. The average molecular weight is 282 g/mol. The van der Waals surface area contributed by atoms with Crippen LogP contribution in [0.3, 0.4) is 0 Å². The molecule has 0 aromatic heterocycles. The van der Waals surface area contributed by atoms with Crippen molar-refractivity contribution in [2.24, 2.45) is 0 Å². The largest absolute Gasteiger partial charge is 0.487 e. The van der Waals surface area contributed by atoms with E-state index >= 15 is 0 Å². The first-order chi connectivity index (χ1) is 9.54. The van der Waals surface area contributed by atoms with Gasteiger partial charge < -0.3 is 15.2 Å². The Hall–Kier alpha value is -1.66. The number of hydrogen-bond acceptors (Lipinski definition) is 5. The van der Waals surface area contributed by atoms with E-state index in [-0.39, 0.29) is 18.0 Å². The van der Waals surface area contributed by atoms with Gasteiger partial charge in [0.1, 0.15) is 0 Å². The normalized spacial score (nSPS) is 12.2. The standard InChI is InChI=1S/C14H22N2O4/c1-3-7-15-10-12-4-5-14(13(9-12)16(18)19)20-8-6-11(2)17/h4-5,9,11,15,17H,3,6-8,10H2,1-2H3. The van der Waals surface area contributed by atoms with Crippen molar-refractivity contribution in [3.8, 4) is 5.75 Å². The summed E-state index contributed by atoms with van der Waals surface area (Å²) < 4.78 is 5.37. The van der Waals surface area contributed by atoms with Crippen molar-refractivity contribution in [1.82, 2.24) is 5.32 Å². The van der Waals surface area contributed by atoms with E-state index < -0.39 is 11.0 Å². The van der Waals surface area contributed by atoms with E-state index in [2.05, 4.69) is 12.2 Å². The third kappa shape index (κ3) is 5.54. The molecule has 0 aliphatic carbocycles. The van der Waals surface area contributed by atoms with Crippen LogP contribution in [-0.2, 0) is 6.54 Å². The Kier molecular flexibility index (Phi) is 6.97. The highest BCUT2D eigenvalue weighted by Crippen LogP contribution is 2.28. The minimum Gasteiger partial charge on any atom is -0.487 e. The second-order valence-corrected chi connectivity index (χ2v) is 4.72. The maximum Gasteiger partial charge on any atom is 0.311 e. The molecule has 0 spiro atoms. The van der Waals surface area contributed by atoms with Crippen LogP contribution in [0.4, 0.5) is 5.69 Å². The highest BCUT2D eigenvalue weighted by molar-refractivity contribution is 5.48. The predicted molar refractivity (Wildman–Crippen MR) is 76.9 cm³/mol. The van der Waals surface area contributed by atoms with Crippen molar-refractivity contribution in [3.63, 3.8) is 0 Å². The molecule has 0 saturated carbocycles. The molecule has 112 valence electrons. The minimum absolute atomic E-state index is 0.0357. The molecular formula is C14H22N2O4. The first-order valence-corrected chi connectivity index (χ1v) is 6.83. The van der Waals surface area contributed by atoms with E-state index in [1.165, 1.54) is 6.07 Å². The fraction of sp³-hybridized carbons (Fsp3) is 0.571. The number of nitro groups is 1. The van der Waals surface area contributed by atoms with Crippen molar-refractivity contribution in [1.29, 1.82) is 0 Å². The van der Waals surface area contributed by atoms with Gasteiger partial charge in [-0.15, -0.1) is 0 Å². The summed E-state index contributed by atoms with van der Waals surface area (Å²) in [6.45, 7) is 5.45. The van der Waals surface area contributed by atoms with Crippen LogP contribution in [0.25, 0.3) is 0 Å². The Labute approximate surface area is 118 Å². The molecule has 6 heteroatoms. The lowest BCUT2D eigenvalue weighted by Crippen LogP contribution is -2.14. The highest BCUT2D eigenvalue weighted by atomic mass is 16.6. The van der Waals surface area contributed by atoms with Gasteiger partial charge in [0, 0.05) is 19.0 Å². The number of ether oxygens (including phenoxy) is 1. The van der Waals surface area contributed by atoms with Gasteiger partial charge in [-0.3, -0.25) is 10.1 Å². The Morgan fingerprint density at radius 2 is 2.25 bits per heavy atom. The average Bonchev–Trinajstić information content (AvgIpc) is 2.39. The van der Waals surface area contributed by atoms with Gasteiger partial charge in [0.05, 0.1) is 17.6 Å². The number of aliphatic hydroxyl groups is 1. The lowest BCUT2D eigenvalue weighted by Gasteiger charge is -2.09. The summed E-state index contributed by atoms with van der Waals surface area (Å²) in [5, 5.41) is 23.4. The van der Waals surface area contributed by atoms with Gasteiger partial charge >= 0.3 is 5.69 Å². The molecule has 0 bridgehead atoms. The highest BCUT2D eigenvalue weighted by Gasteiger charge is 2.16. The second kappa shape index (κ2) is 8.50. The Morgan fingerprint density at radius 3 is 2.85 bits per heavy atom. The van der Waals surface area contributed by atoms with Crippen LogP contribution in [0.5, 0.6) is 5.75 Å². The summed E-state index contributed by atoms with van der Waals surface area (Å²) in [6.07, 6.45) is 0.978. The molecule has 0 radical (unpaired) electrons. The predicted octanol–water partition coefficient (Wildman–Crippen LogP) is 2.24. The molecule has 1 unspecified atom stereocenters. The van der Waals surface area contributed by atoms with Crippen molar-refractivity contribution < 1.29 is 14.8 Å². The number of rotatable bonds is 9. The van der Waals surface area contributed by atoms with Gasteiger partial charge in [0.2, 0.25) is 0 Å². The maximum atomic E-state index is 11.1. The van der Waals surface area contributed by atoms with Crippen LogP contribution in [0.2, 0.25) is 0 Å². The Bertz CT molecular complexity index is 435. The zero-order valence-corrected chi connectivity index (χ0v) is 12.0. The third-order valence-corrected chi connectivity index (χ3v) is 2.77. The minimum atomic E-state index is -0.480. The molecule has 0 fully saturated rings. The van der Waals surface area contributed by atoms with Crippen molar-refractivity contribution in [2.45, 2.75) is 39.3 Å². The molecule has 20 heavy (non-hydrogen) atoms. The molecule has 1 atom stereocenters. The van der Waals surface area contributed by atoms with Crippen LogP contribution < -0.4 is 10.1 Å². The molecule has 6 nitrogen and oxygen atoms in total. The monoisotopic (exact) mass is 282 g/mol. The van der Waals surface area contributed by atoms with E-state index in [1.54, 1.807) is 13.0 Å². The summed E-state index contributed by atoms with van der Waals surface area (Å²) in [6, 6.07) is 4.96. The number of hydrogen-bond donors (Lipinski definition) is 2. The van der Waals surface area contributed by atoms with E-state index in [1.807, 2.05) is 6.07 Å². The fourth-order valence-corrected chi connectivity index (χ4v) is 1.69. The summed E-state index contributed by atoms with van der Waals surface area (Å²) >= 11 is 0. The topological polar surface area (TPSA) is 84.6 Å². The number of nitrogens with one attached hydrogen (secondary N) is 1. The summed E-state index contributed by atoms with van der Waals surface area (Å²) in [4.78, 5) is 10.6. The first-order valence-electron chi connectivity index (χ1n) is 6.83. The van der Waals surface area contributed by atoms with Gasteiger partial charge in [0.25, 0.3) is 0 Å². The van der Waals surface area contributed by atoms with Crippen LogP contribution in [0, 0.1) is 10.1 Å². The number of benzene rings is 1. The van der Waals surface area contributed by atoms with E-state index in [0.717, 1.165) is 18.5 Å². The SMILES string of the molecule is CCCNCc1ccc(OCCC(C)O)c([N+](=O)[O-])c1. The molecule has 1 rings (SSSR count). The zero-order chi connectivity index (χ0) is 15.0. The fourth-order valence-electron chi connectivity index (χ4n) is 1.69. The lowest BCUT2D eigenvalue weighted by atomic mass is 10.2. The van der Waals surface area contributed by atoms with Gasteiger partial charge in [0.15, 0.2) is 5.75 Å². The molecule has 0 saturated heterocycles. The second-order valence-electron chi connectivity index (χ2n) is 4.72. The third-order valence-electron chi connectivity index (χ3n) is 2.77. The first kappa shape index (κ1) is 16.4. The van der Waals surface area contributed by atoms with Crippen molar-refractivity contribution >= 4 is 5.69 Å². The zero-order valence-electron chi connectivity index (χ0n) is 12.0. The van der Waals surface area contributed by atoms with Crippen LogP contribution >= 0.6 is 0 Å². The van der Waals surface area contributed by atoms with Crippen molar-refractivity contribution in [3.05, 3.63) is 33.9 Å². The molecule has 0 heterocycles. The molecule has 0 amide bonds. The summed E-state index contributed by atoms with van der Waals surface area (Å²) in [5.41, 5.74) is 0.819. The van der Waals surface area contributed by atoms with Crippen LogP contribution in [0.1, 0.15) is 32.3 Å². The molecule has 1 aromatic rings. The number of aliphatic hydroxyl groups excluding tert-OH is 1. The van der Waals surface area contributed by atoms with Gasteiger partial charge in [-0.2, -0.15) is 0 Å². The molecule has 2 N–H and O–H groups in total.